The van der Waals surface area contributed by atoms with E-state index in [1.54, 1.807) is 5.56 Å². The molecule has 2 saturated carbocycles. The molecule has 190 valence electrons. The van der Waals surface area contributed by atoms with Gasteiger partial charge in [0.15, 0.2) is 0 Å². The standard InChI is InChI=1S/C37H42/c1-27(21-28-11-4-2-5-12-28)33-18-8-13-29(23-33)22-30-24-34(31-14-6-3-7-15-31)26-35(25-30)37-20-10-17-32-16-9-19-36(32)37/h8-10,13,17-20,23-26,28,31H,1-7,11-12,14-16,21-22H2. The quantitative estimate of drug-likeness (QED) is 0.311. The Balaban J connectivity index is 1.29. The number of hydrogen-bond acceptors (Lipinski definition) is 0. The molecular formula is C37H42. The molecule has 0 heterocycles. The zero-order valence-electron chi connectivity index (χ0n) is 22.5. The van der Waals surface area contributed by atoms with Crippen molar-refractivity contribution >= 4 is 11.6 Å². The normalized spacial score (nSPS) is 18.2. The average Bonchev–Trinajstić information content (AvgIpc) is 3.43. The van der Waals surface area contributed by atoms with E-state index in [4.69, 9.17) is 0 Å². The number of fused-ring (bicyclic) bond motifs is 1. The average molecular weight is 487 g/mol. The molecule has 0 heteroatoms. The molecule has 0 unspecified atom stereocenters. The van der Waals surface area contributed by atoms with Crippen molar-refractivity contribution in [3.8, 4) is 11.1 Å². The zero-order valence-corrected chi connectivity index (χ0v) is 22.5. The lowest BCUT2D eigenvalue weighted by molar-refractivity contribution is 0.365. The van der Waals surface area contributed by atoms with Gasteiger partial charge in [-0.15, -0.1) is 0 Å². The second-order valence-electron chi connectivity index (χ2n) is 12.0. The van der Waals surface area contributed by atoms with E-state index in [1.807, 2.05) is 0 Å². The molecule has 0 aromatic heterocycles. The van der Waals surface area contributed by atoms with Gasteiger partial charge in [0.05, 0.1) is 0 Å². The van der Waals surface area contributed by atoms with E-state index in [-0.39, 0.29) is 0 Å². The number of benzene rings is 3. The Morgan fingerprint density at radius 2 is 1.54 bits per heavy atom. The van der Waals surface area contributed by atoms with Crippen molar-refractivity contribution in [1.29, 1.82) is 0 Å². The first-order valence-corrected chi connectivity index (χ1v) is 14.9. The largest absolute Gasteiger partial charge is 0.0952 e. The van der Waals surface area contributed by atoms with E-state index < -0.39 is 0 Å². The summed E-state index contributed by atoms with van der Waals surface area (Å²) in [4.78, 5) is 0. The molecule has 3 aromatic carbocycles. The van der Waals surface area contributed by atoms with Crippen LogP contribution >= 0.6 is 0 Å². The maximum absolute atomic E-state index is 4.52. The van der Waals surface area contributed by atoms with E-state index in [0.29, 0.717) is 5.92 Å². The summed E-state index contributed by atoms with van der Waals surface area (Å²) in [6.07, 6.45) is 21.7. The molecule has 3 aliphatic carbocycles. The molecule has 3 aliphatic rings. The van der Waals surface area contributed by atoms with Crippen molar-refractivity contribution in [3.05, 3.63) is 107 Å². The van der Waals surface area contributed by atoms with Gasteiger partial charge in [0.25, 0.3) is 0 Å². The van der Waals surface area contributed by atoms with Gasteiger partial charge in [-0.05, 0) is 94.0 Å². The lowest BCUT2D eigenvalue weighted by atomic mass is 9.81. The molecular weight excluding hydrogens is 444 g/mol. The van der Waals surface area contributed by atoms with Crippen LogP contribution < -0.4 is 0 Å². The predicted molar refractivity (Wildman–Crippen MR) is 160 cm³/mol. The molecule has 3 aromatic rings. The summed E-state index contributed by atoms with van der Waals surface area (Å²) in [6, 6.07) is 23.6. The van der Waals surface area contributed by atoms with Crippen LogP contribution in [-0.4, -0.2) is 0 Å². The van der Waals surface area contributed by atoms with Gasteiger partial charge >= 0.3 is 0 Å². The molecule has 2 fully saturated rings. The number of hydrogen-bond donors (Lipinski definition) is 0. The summed E-state index contributed by atoms with van der Waals surface area (Å²) in [6.45, 7) is 4.52. The van der Waals surface area contributed by atoms with E-state index in [0.717, 1.165) is 25.2 Å². The van der Waals surface area contributed by atoms with Gasteiger partial charge in [0, 0.05) is 0 Å². The zero-order chi connectivity index (χ0) is 25.0. The maximum Gasteiger partial charge on any atom is -0.00252 e. The summed E-state index contributed by atoms with van der Waals surface area (Å²) in [5.41, 5.74) is 12.8. The topological polar surface area (TPSA) is 0 Å². The molecule has 0 saturated heterocycles. The molecule has 0 bridgehead atoms. The Morgan fingerprint density at radius 1 is 0.757 bits per heavy atom. The molecule has 0 nitrogen and oxygen atoms in total. The highest BCUT2D eigenvalue weighted by atomic mass is 14.2. The second-order valence-corrected chi connectivity index (χ2v) is 12.0. The molecule has 37 heavy (non-hydrogen) atoms. The van der Waals surface area contributed by atoms with Crippen LogP contribution in [0.25, 0.3) is 22.8 Å². The number of allylic oxidation sites excluding steroid dienone is 2. The third-order valence-electron chi connectivity index (χ3n) is 9.22. The Kier molecular flexibility index (Phi) is 7.45. The maximum atomic E-state index is 4.52. The van der Waals surface area contributed by atoms with Gasteiger partial charge < -0.3 is 0 Å². The van der Waals surface area contributed by atoms with Crippen LogP contribution in [0.5, 0.6) is 0 Å². The first kappa shape index (κ1) is 24.5. The lowest BCUT2D eigenvalue weighted by Gasteiger charge is -2.24. The van der Waals surface area contributed by atoms with Crippen LogP contribution in [0.3, 0.4) is 0 Å². The van der Waals surface area contributed by atoms with Gasteiger partial charge in [-0.2, -0.15) is 0 Å². The van der Waals surface area contributed by atoms with Crippen molar-refractivity contribution in [2.45, 2.75) is 89.4 Å². The summed E-state index contributed by atoms with van der Waals surface area (Å²) >= 11 is 0. The fraction of sp³-hybridized carbons (Fsp3) is 0.405. The van der Waals surface area contributed by atoms with E-state index in [9.17, 15) is 0 Å². The molecule has 6 rings (SSSR count). The first-order valence-electron chi connectivity index (χ1n) is 14.9. The minimum atomic E-state index is 0.710. The second kappa shape index (κ2) is 11.3. The summed E-state index contributed by atoms with van der Waals surface area (Å²) in [7, 11) is 0. The van der Waals surface area contributed by atoms with Crippen LogP contribution in [0.15, 0.2) is 73.3 Å². The van der Waals surface area contributed by atoms with Crippen molar-refractivity contribution < 1.29 is 0 Å². The van der Waals surface area contributed by atoms with Crippen molar-refractivity contribution in [3.63, 3.8) is 0 Å². The van der Waals surface area contributed by atoms with Gasteiger partial charge in [0.1, 0.15) is 0 Å². The van der Waals surface area contributed by atoms with E-state index in [1.165, 1.54) is 109 Å². The van der Waals surface area contributed by atoms with Crippen LogP contribution in [0, 0.1) is 5.92 Å². The summed E-state index contributed by atoms with van der Waals surface area (Å²) < 4.78 is 0. The molecule has 0 atom stereocenters. The summed E-state index contributed by atoms with van der Waals surface area (Å²) in [5.74, 6) is 1.54. The SMILES string of the molecule is C=C(CC1CCCCC1)c1cccc(Cc2cc(-c3cccc4c3C=CC4)cc(C3CCCCC3)c2)c1. The van der Waals surface area contributed by atoms with E-state index >= 15 is 0 Å². The molecule has 0 radical (unpaired) electrons. The van der Waals surface area contributed by atoms with Crippen molar-refractivity contribution in [2.75, 3.05) is 0 Å². The van der Waals surface area contributed by atoms with Gasteiger partial charge in [-0.3, -0.25) is 0 Å². The Hall–Kier alpha value is -2.86. The highest BCUT2D eigenvalue weighted by Gasteiger charge is 2.19. The van der Waals surface area contributed by atoms with E-state index in [2.05, 4.69) is 79.4 Å². The van der Waals surface area contributed by atoms with Crippen LogP contribution in [0.4, 0.5) is 0 Å². The highest BCUT2D eigenvalue weighted by Crippen LogP contribution is 2.38. The molecule has 0 N–H and O–H groups in total. The molecule has 0 aliphatic heterocycles. The molecule has 0 amide bonds. The first-order chi connectivity index (χ1) is 18.2. The number of rotatable bonds is 7. The van der Waals surface area contributed by atoms with Crippen LogP contribution in [0.1, 0.15) is 110 Å². The fourth-order valence-electron chi connectivity index (χ4n) is 7.19. The third-order valence-corrected chi connectivity index (χ3v) is 9.22. The van der Waals surface area contributed by atoms with Gasteiger partial charge in [-0.25, -0.2) is 0 Å². The third kappa shape index (κ3) is 5.69. The summed E-state index contributed by atoms with van der Waals surface area (Å²) in [5, 5.41) is 0. The molecule has 0 spiro atoms. The smallest absolute Gasteiger partial charge is 0.00252 e. The minimum absolute atomic E-state index is 0.710. The monoisotopic (exact) mass is 486 g/mol. The van der Waals surface area contributed by atoms with Crippen LogP contribution in [0.2, 0.25) is 0 Å². The predicted octanol–water partition coefficient (Wildman–Crippen LogP) is 10.5. The van der Waals surface area contributed by atoms with Crippen molar-refractivity contribution in [1.82, 2.24) is 0 Å². The van der Waals surface area contributed by atoms with Crippen LogP contribution in [-0.2, 0) is 12.8 Å². The highest BCUT2D eigenvalue weighted by molar-refractivity contribution is 5.80. The van der Waals surface area contributed by atoms with Crippen molar-refractivity contribution in [2.24, 2.45) is 5.92 Å². The Bertz CT molecular complexity index is 1280. The Morgan fingerprint density at radius 3 is 2.38 bits per heavy atom. The van der Waals surface area contributed by atoms with Gasteiger partial charge in [-0.1, -0.05) is 131 Å². The Labute approximate surface area is 224 Å². The minimum Gasteiger partial charge on any atom is -0.0952 e. The van der Waals surface area contributed by atoms with Gasteiger partial charge in [0.2, 0.25) is 0 Å². The fourth-order valence-corrected chi connectivity index (χ4v) is 7.19. The lowest BCUT2D eigenvalue weighted by Crippen LogP contribution is -2.07.